The maximum absolute atomic E-state index is 11.9. The summed E-state index contributed by atoms with van der Waals surface area (Å²) < 4.78 is 0. The van der Waals surface area contributed by atoms with Gasteiger partial charge in [0.25, 0.3) is 5.91 Å². The fraction of sp³-hybridized carbons (Fsp3) is 0. The van der Waals surface area contributed by atoms with Crippen LogP contribution in [0.25, 0.3) is 0 Å². The maximum atomic E-state index is 11.9. The van der Waals surface area contributed by atoms with E-state index in [2.05, 4.69) is 10.3 Å². The number of aromatic hydroxyl groups is 2. The highest BCUT2D eigenvalue weighted by atomic mass is 16.3. The van der Waals surface area contributed by atoms with E-state index >= 15 is 0 Å². The molecule has 0 radical (unpaired) electrons. The highest BCUT2D eigenvalue weighted by Gasteiger charge is 2.13. The van der Waals surface area contributed by atoms with E-state index in [1.165, 1.54) is 36.7 Å². The third-order valence-electron chi connectivity index (χ3n) is 2.32. The van der Waals surface area contributed by atoms with Crippen LogP contribution in [0.5, 0.6) is 11.5 Å². The molecule has 0 unspecified atom stereocenters. The largest absolute Gasteiger partial charge is 0.508 e. The molecule has 92 valence electrons. The summed E-state index contributed by atoms with van der Waals surface area (Å²) >= 11 is 0. The molecule has 2 rings (SSSR count). The van der Waals surface area contributed by atoms with Crippen LogP contribution < -0.4 is 11.1 Å². The van der Waals surface area contributed by atoms with Crippen LogP contribution in [0.3, 0.4) is 0 Å². The first-order valence-electron chi connectivity index (χ1n) is 5.11. The number of nitrogens with zero attached hydrogens (tertiary/aromatic N) is 1. The van der Waals surface area contributed by atoms with E-state index in [9.17, 15) is 15.0 Å². The van der Waals surface area contributed by atoms with Gasteiger partial charge in [0, 0.05) is 6.20 Å². The number of hydrogen-bond donors (Lipinski definition) is 4. The van der Waals surface area contributed by atoms with Gasteiger partial charge in [-0.2, -0.15) is 0 Å². The van der Waals surface area contributed by atoms with Crippen molar-refractivity contribution in [1.29, 1.82) is 0 Å². The number of nitrogens with one attached hydrogen (secondary N) is 1. The standard InChI is InChI=1S/C12H11N3O3/c13-9-6-14-4-3-10(9)15-12(18)8-5-7(16)1-2-11(8)17/h1-6,16-17H,13H2,(H,14,15,18). The van der Waals surface area contributed by atoms with Crippen molar-refractivity contribution in [2.24, 2.45) is 0 Å². The number of benzene rings is 1. The van der Waals surface area contributed by atoms with Crippen LogP contribution in [-0.4, -0.2) is 21.1 Å². The van der Waals surface area contributed by atoms with Crippen molar-refractivity contribution in [2.45, 2.75) is 0 Å². The minimum absolute atomic E-state index is 0.0359. The van der Waals surface area contributed by atoms with E-state index in [0.29, 0.717) is 11.4 Å². The summed E-state index contributed by atoms with van der Waals surface area (Å²) in [5.74, 6) is -0.903. The van der Waals surface area contributed by atoms with Crippen molar-refractivity contribution in [2.75, 3.05) is 11.1 Å². The van der Waals surface area contributed by atoms with Gasteiger partial charge in [-0.3, -0.25) is 9.78 Å². The Morgan fingerprint density at radius 2 is 2.06 bits per heavy atom. The fourth-order valence-corrected chi connectivity index (χ4v) is 1.42. The number of phenols is 2. The molecule has 1 heterocycles. The van der Waals surface area contributed by atoms with E-state index in [0.717, 1.165) is 0 Å². The van der Waals surface area contributed by atoms with Crippen LogP contribution in [0.2, 0.25) is 0 Å². The SMILES string of the molecule is Nc1cnccc1NC(=O)c1cc(O)ccc1O. The minimum Gasteiger partial charge on any atom is -0.508 e. The van der Waals surface area contributed by atoms with E-state index in [-0.39, 0.29) is 17.1 Å². The summed E-state index contributed by atoms with van der Waals surface area (Å²) in [6.45, 7) is 0. The molecule has 0 aliphatic carbocycles. The molecule has 1 aromatic carbocycles. The van der Waals surface area contributed by atoms with Gasteiger partial charge in [-0.05, 0) is 24.3 Å². The summed E-state index contributed by atoms with van der Waals surface area (Å²) in [5, 5.41) is 21.3. The number of anilines is 2. The molecule has 0 fully saturated rings. The number of rotatable bonds is 2. The lowest BCUT2D eigenvalue weighted by molar-refractivity contribution is 0.102. The van der Waals surface area contributed by atoms with Crippen molar-refractivity contribution in [3.8, 4) is 11.5 Å². The summed E-state index contributed by atoms with van der Waals surface area (Å²) in [4.78, 5) is 15.7. The molecule has 0 aliphatic rings. The van der Waals surface area contributed by atoms with Gasteiger partial charge in [-0.15, -0.1) is 0 Å². The number of nitrogens with two attached hydrogens (primary N) is 1. The molecule has 0 saturated carbocycles. The summed E-state index contributed by atoms with van der Waals surface area (Å²) in [5.41, 5.74) is 6.29. The van der Waals surface area contributed by atoms with E-state index in [4.69, 9.17) is 5.73 Å². The van der Waals surface area contributed by atoms with Gasteiger partial charge in [-0.1, -0.05) is 0 Å². The predicted molar refractivity (Wildman–Crippen MR) is 66.4 cm³/mol. The van der Waals surface area contributed by atoms with Crippen LogP contribution in [-0.2, 0) is 0 Å². The zero-order chi connectivity index (χ0) is 13.1. The zero-order valence-electron chi connectivity index (χ0n) is 9.29. The average molecular weight is 245 g/mol. The molecule has 18 heavy (non-hydrogen) atoms. The van der Waals surface area contributed by atoms with E-state index < -0.39 is 5.91 Å². The molecule has 0 saturated heterocycles. The number of phenolic OH excluding ortho intramolecular Hbond substituents is 2. The van der Waals surface area contributed by atoms with Crippen molar-refractivity contribution in [1.82, 2.24) is 4.98 Å². The summed E-state index contributed by atoms with van der Waals surface area (Å²) in [6.07, 6.45) is 2.88. The summed E-state index contributed by atoms with van der Waals surface area (Å²) in [6, 6.07) is 5.22. The van der Waals surface area contributed by atoms with Crippen molar-refractivity contribution in [3.05, 3.63) is 42.2 Å². The highest BCUT2D eigenvalue weighted by molar-refractivity contribution is 6.07. The topological polar surface area (TPSA) is 108 Å². The number of pyridine rings is 1. The first-order chi connectivity index (χ1) is 8.58. The lowest BCUT2D eigenvalue weighted by Gasteiger charge is -2.08. The van der Waals surface area contributed by atoms with Gasteiger partial charge in [0.15, 0.2) is 0 Å². The fourth-order valence-electron chi connectivity index (χ4n) is 1.42. The molecule has 5 N–H and O–H groups in total. The lowest BCUT2D eigenvalue weighted by Crippen LogP contribution is -2.13. The molecular weight excluding hydrogens is 234 g/mol. The molecule has 0 spiro atoms. The number of hydrogen-bond acceptors (Lipinski definition) is 5. The second-order valence-corrected chi connectivity index (χ2v) is 3.62. The van der Waals surface area contributed by atoms with Gasteiger partial charge in [0.2, 0.25) is 0 Å². The summed E-state index contributed by atoms with van der Waals surface area (Å²) in [7, 11) is 0. The first kappa shape index (κ1) is 11.7. The Labute approximate surface area is 103 Å². The molecule has 0 aliphatic heterocycles. The normalized spacial score (nSPS) is 10.0. The van der Waals surface area contributed by atoms with Gasteiger partial charge < -0.3 is 21.3 Å². The van der Waals surface area contributed by atoms with Gasteiger partial charge in [-0.25, -0.2) is 0 Å². The molecule has 6 nitrogen and oxygen atoms in total. The smallest absolute Gasteiger partial charge is 0.259 e. The van der Waals surface area contributed by atoms with Gasteiger partial charge >= 0.3 is 0 Å². The molecule has 2 aromatic rings. The van der Waals surface area contributed by atoms with Crippen LogP contribution in [0.4, 0.5) is 11.4 Å². The molecule has 6 heteroatoms. The second kappa shape index (κ2) is 4.62. The Morgan fingerprint density at radius 3 is 2.78 bits per heavy atom. The van der Waals surface area contributed by atoms with Gasteiger partial charge in [0.05, 0.1) is 23.1 Å². The van der Waals surface area contributed by atoms with Crippen LogP contribution >= 0.6 is 0 Å². The van der Waals surface area contributed by atoms with Crippen LogP contribution in [0.1, 0.15) is 10.4 Å². The van der Waals surface area contributed by atoms with Crippen LogP contribution in [0.15, 0.2) is 36.7 Å². The zero-order valence-corrected chi connectivity index (χ0v) is 9.29. The predicted octanol–water partition coefficient (Wildman–Crippen LogP) is 1.33. The number of aromatic nitrogens is 1. The highest BCUT2D eigenvalue weighted by Crippen LogP contribution is 2.24. The molecular formula is C12H11N3O3. The monoisotopic (exact) mass is 245 g/mol. The van der Waals surface area contributed by atoms with Crippen LogP contribution in [0, 0.1) is 0 Å². The Bertz CT molecular complexity index is 599. The van der Waals surface area contributed by atoms with Gasteiger partial charge in [0.1, 0.15) is 11.5 Å². The minimum atomic E-state index is -0.568. The molecule has 0 bridgehead atoms. The second-order valence-electron chi connectivity index (χ2n) is 3.62. The quantitative estimate of drug-likeness (QED) is 0.597. The van der Waals surface area contributed by atoms with Crippen molar-refractivity contribution in [3.63, 3.8) is 0 Å². The lowest BCUT2D eigenvalue weighted by atomic mass is 10.1. The number of carbonyl (C=O) groups excluding carboxylic acids is 1. The number of amides is 1. The Kier molecular flexibility index (Phi) is 3.01. The van der Waals surface area contributed by atoms with Crippen molar-refractivity contribution < 1.29 is 15.0 Å². The molecule has 1 aromatic heterocycles. The molecule has 0 atom stereocenters. The third-order valence-corrected chi connectivity index (χ3v) is 2.32. The third kappa shape index (κ3) is 2.32. The Hall–Kier alpha value is -2.76. The van der Waals surface area contributed by atoms with Crippen molar-refractivity contribution >= 4 is 17.3 Å². The number of carbonyl (C=O) groups is 1. The molecule has 1 amide bonds. The number of nitrogen functional groups attached to an aromatic ring is 1. The maximum Gasteiger partial charge on any atom is 0.259 e. The first-order valence-corrected chi connectivity index (χ1v) is 5.11. The average Bonchev–Trinajstić information content (AvgIpc) is 2.35. The Balaban J connectivity index is 2.28. The van der Waals surface area contributed by atoms with E-state index in [1.54, 1.807) is 0 Å². The Morgan fingerprint density at radius 1 is 1.28 bits per heavy atom. The van der Waals surface area contributed by atoms with E-state index in [1.807, 2.05) is 0 Å².